The first-order valence-electron chi connectivity index (χ1n) is 9.56. The summed E-state index contributed by atoms with van der Waals surface area (Å²) in [6, 6.07) is 16.6. The summed E-state index contributed by atoms with van der Waals surface area (Å²) in [5.74, 6) is 0.0448. The highest BCUT2D eigenvalue weighted by atomic mass is 16.1. The Morgan fingerprint density at radius 1 is 1.11 bits per heavy atom. The first-order valence-corrected chi connectivity index (χ1v) is 9.56. The molecule has 28 heavy (non-hydrogen) atoms. The normalized spacial score (nSPS) is 16.2. The number of hydrogen-bond acceptors (Lipinski definition) is 2. The molecular formula is C23H22N4O. The molecule has 1 atom stereocenters. The number of anilines is 1. The second-order valence-corrected chi connectivity index (χ2v) is 7.51. The highest BCUT2D eigenvalue weighted by molar-refractivity contribution is 6.06. The summed E-state index contributed by atoms with van der Waals surface area (Å²) in [7, 11) is 1.94. The molecule has 4 aromatic rings. The van der Waals surface area contributed by atoms with Gasteiger partial charge in [0, 0.05) is 48.8 Å². The lowest BCUT2D eigenvalue weighted by Crippen LogP contribution is -2.14. The molecule has 1 N–H and O–H groups in total. The molecular weight excluding hydrogens is 348 g/mol. The number of nitrogens with one attached hydrogen (secondary N) is 1. The number of nitrogens with zero attached hydrogens (tertiary/aromatic N) is 3. The second kappa shape index (κ2) is 6.37. The van der Waals surface area contributed by atoms with Crippen molar-refractivity contribution < 1.29 is 4.79 Å². The van der Waals surface area contributed by atoms with E-state index in [0.717, 1.165) is 34.4 Å². The van der Waals surface area contributed by atoms with Crippen LogP contribution in [0.5, 0.6) is 0 Å². The average Bonchev–Trinajstić information content (AvgIpc) is 3.18. The van der Waals surface area contributed by atoms with Crippen LogP contribution in [0.2, 0.25) is 0 Å². The van der Waals surface area contributed by atoms with Crippen LogP contribution in [0.25, 0.3) is 10.9 Å². The monoisotopic (exact) mass is 370 g/mol. The van der Waals surface area contributed by atoms with E-state index in [0.29, 0.717) is 6.42 Å². The fourth-order valence-corrected chi connectivity index (χ4v) is 4.30. The van der Waals surface area contributed by atoms with Gasteiger partial charge in [-0.1, -0.05) is 36.4 Å². The van der Waals surface area contributed by atoms with Crippen molar-refractivity contribution in [3.8, 4) is 0 Å². The molecule has 0 aliphatic carbocycles. The van der Waals surface area contributed by atoms with Crippen LogP contribution in [0.3, 0.4) is 0 Å². The van der Waals surface area contributed by atoms with Gasteiger partial charge in [0.25, 0.3) is 0 Å². The van der Waals surface area contributed by atoms with Crippen LogP contribution in [0, 0.1) is 6.92 Å². The molecule has 2 aromatic heterocycles. The number of hydrogen-bond donors (Lipinski definition) is 1. The minimum absolute atomic E-state index is 0.00290. The standard InChI is InChI=1S/C23H22N4O/c1-15-18(12-24-26(15)2)17-11-22(28)25-20-9-6-10-21-23(20)19(17)14-27(21)13-16-7-4-3-5-8-16/h3-10,12,14,17H,11,13H2,1-2H3,(H,25,28)/t17-/m0/s1. The molecule has 0 spiro atoms. The van der Waals surface area contributed by atoms with Gasteiger partial charge in [-0.25, -0.2) is 0 Å². The Balaban J connectivity index is 1.72. The Bertz CT molecular complexity index is 1190. The van der Waals surface area contributed by atoms with Crippen LogP contribution in [-0.2, 0) is 18.4 Å². The van der Waals surface area contributed by atoms with Gasteiger partial charge in [0.1, 0.15) is 0 Å². The van der Waals surface area contributed by atoms with Crippen molar-refractivity contribution in [1.82, 2.24) is 14.3 Å². The van der Waals surface area contributed by atoms with E-state index in [1.165, 1.54) is 11.1 Å². The van der Waals surface area contributed by atoms with Crippen LogP contribution in [0.4, 0.5) is 5.69 Å². The number of aromatic nitrogens is 3. The number of rotatable bonds is 3. The van der Waals surface area contributed by atoms with Gasteiger partial charge >= 0.3 is 0 Å². The summed E-state index contributed by atoms with van der Waals surface area (Å²) in [6.45, 7) is 2.86. The van der Waals surface area contributed by atoms with E-state index in [9.17, 15) is 4.79 Å². The van der Waals surface area contributed by atoms with E-state index in [4.69, 9.17) is 0 Å². The lowest BCUT2D eigenvalue weighted by Gasteiger charge is -2.13. The third-order valence-electron chi connectivity index (χ3n) is 5.82. The minimum Gasteiger partial charge on any atom is -0.343 e. The quantitative estimate of drug-likeness (QED) is 0.587. The van der Waals surface area contributed by atoms with E-state index in [-0.39, 0.29) is 11.8 Å². The third-order valence-corrected chi connectivity index (χ3v) is 5.82. The topological polar surface area (TPSA) is 51.9 Å². The summed E-state index contributed by atoms with van der Waals surface area (Å²) in [4.78, 5) is 12.6. The predicted molar refractivity (Wildman–Crippen MR) is 111 cm³/mol. The van der Waals surface area contributed by atoms with E-state index in [2.05, 4.69) is 58.4 Å². The molecule has 2 aromatic carbocycles. The number of benzene rings is 2. The van der Waals surface area contributed by atoms with Gasteiger partial charge < -0.3 is 9.88 Å². The van der Waals surface area contributed by atoms with E-state index in [1.54, 1.807) is 0 Å². The van der Waals surface area contributed by atoms with Crippen molar-refractivity contribution in [1.29, 1.82) is 0 Å². The molecule has 1 aliphatic rings. The number of carbonyl (C=O) groups is 1. The molecule has 0 radical (unpaired) electrons. The summed E-state index contributed by atoms with van der Waals surface area (Å²) >= 11 is 0. The molecule has 3 heterocycles. The molecule has 5 nitrogen and oxygen atoms in total. The zero-order valence-electron chi connectivity index (χ0n) is 16.0. The number of carbonyl (C=O) groups excluding carboxylic acids is 1. The van der Waals surface area contributed by atoms with Gasteiger partial charge in [-0.3, -0.25) is 9.48 Å². The SMILES string of the molecule is Cc1c([C@@H]2CC(=O)Nc3cccc4c3c2cn4Cc2ccccc2)cnn1C. The van der Waals surface area contributed by atoms with E-state index < -0.39 is 0 Å². The van der Waals surface area contributed by atoms with Crippen molar-refractivity contribution in [3.05, 3.63) is 83.3 Å². The largest absolute Gasteiger partial charge is 0.343 e. The summed E-state index contributed by atoms with van der Waals surface area (Å²) in [6.07, 6.45) is 4.55. The van der Waals surface area contributed by atoms with Crippen LogP contribution in [0.15, 0.2) is 60.9 Å². The first-order chi connectivity index (χ1) is 13.6. The Hall–Kier alpha value is -3.34. The van der Waals surface area contributed by atoms with Gasteiger partial charge in [0.15, 0.2) is 0 Å². The third kappa shape index (κ3) is 2.62. The Labute approximate surface area is 163 Å². The van der Waals surface area contributed by atoms with Gasteiger partial charge in [0.2, 0.25) is 5.91 Å². The Morgan fingerprint density at radius 3 is 2.68 bits per heavy atom. The van der Waals surface area contributed by atoms with Crippen LogP contribution < -0.4 is 5.32 Å². The second-order valence-electron chi connectivity index (χ2n) is 7.51. The van der Waals surface area contributed by atoms with Crippen LogP contribution in [-0.4, -0.2) is 20.3 Å². The number of amides is 1. The van der Waals surface area contributed by atoms with E-state index in [1.807, 2.05) is 36.1 Å². The smallest absolute Gasteiger partial charge is 0.225 e. The summed E-state index contributed by atoms with van der Waals surface area (Å²) in [5.41, 5.74) is 6.70. The molecule has 0 saturated carbocycles. The molecule has 140 valence electrons. The van der Waals surface area contributed by atoms with Crippen LogP contribution in [0.1, 0.15) is 34.7 Å². The maximum Gasteiger partial charge on any atom is 0.225 e. The molecule has 1 aliphatic heterocycles. The lowest BCUT2D eigenvalue weighted by molar-refractivity contribution is -0.116. The number of aryl methyl sites for hydroxylation is 1. The fraction of sp³-hybridized carbons (Fsp3) is 0.217. The Morgan fingerprint density at radius 2 is 1.93 bits per heavy atom. The highest BCUT2D eigenvalue weighted by Gasteiger charge is 2.29. The molecule has 1 amide bonds. The predicted octanol–water partition coefficient (Wildman–Crippen LogP) is 4.21. The molecule has 5 rings (SSSR count). The van der Waals surface area contributed by atoms with Gasteiger partial charge in [0.05, 0.1) is 17.4 Å². The minimum atomic E-state index is -0.00290. The Kier molecular flexibility index (Phi) is 3.83. The fourth-order valence-electron chi connectivity index (χ4n) is 4.30. The van der Waals surface area contributed by atoms with Crippen molar-refractivity contribution in [2.45, 2.75) is 25.8 Å². The van der Waals surface area contributed by atoms with Gasteiger partial charge in [-0.2, -0.15) is 5.10 Å². The molecule has 0 fully saturated rings. The molecule has 0 saturated heterocycles. The van der Waals surface area contributed by atoms with Crippen molar-refractivity contribution in [2.24, 2.45) is 7.05 Å². The van der Waals surface area contributed by atoms with Gasteiger partial charge in [-0.05, 0) is 30.2 Å². The van der Waals surface area contributed by atoms with Crippen LogP contribution >= 0.6 is 0 Å². The van der Waals surface area contributed by atoms with Crippen molar-refractivity contribution in [2.75, 3.05) is 5.32 Å². The highest BCUT2D eigenvalue weighted by Crippen LogP contribution is 2.41. The van der Waals surface area contributed by atoms with Crippen molar-refractivity contribution in [3.63, 3.8) is 0 Å². The molecule has 5 heteroatoms. The van der Waals surface area contributed by atoms with E-state index >= 15 is 0 Å². The molecule has 0 bridgehead atoms. The zero-order chi connectivity index (χ0) is 19.3. The summed E-state index contributed by atoms with van der Waals surface area (Å²) < 4.78 is 4.17. The maximum atomic E-state index is 12.6. The van der Waals surface area contributed by atoms with Crippen molar-refractivity contribution >= 4 is 22.5 Å². The lowest BCUT2D eigenvalue weighted by atomic mass is 9.89. The summed E-state index contributed by atoms with van der Waals surface area (Å²) in [5, 5.41) is 8.67. The molecule has 0 unspecified atom stereocenters. The maximum absolute atomic E-state index is 12.6. The first kappa shape index (κ1) is 16.8. The average molecular weight is 370 g/mol. The zero-order valence-corrected chi connectivity index (χ0v) is 16.0. The van der Waals surface area contributed by atoms with Gasteiger partial charge in [-0.15, -0.1) is 0 Å².